The third kappa shape index (κ3) is 5.00. The molecule has 74 valence electrons. The van der Waals surface area contributed by atoms with Gasteiger partial charge in [0.1, 0.15) is 0 Å². The third-order valence-corrected chi connectivity index (χ3v) is 1.60. The van der Waals surface area contributed by atoms with Gasteiger partial charge in [-0.3, -0.25) is 10.1 Å². The van der Waals surface area contributed by atoms with Crippen LogP contribution in [0.25, 0.3) is 0 Å². The average molecular weight is 184 g/mol. The van der Waals surface area contributed by atoms with Crippen molar-refractivity contribution in [2.45, 2.75) is 33.2 Å². The molecule has 0 saturated carbocycles. The largest absolute Gasteiger partial charge is 0.335 e. The Morgan fingerprint density at radius 3 is 2.38 bits per heavy atom. The summed E-state index contributed by atoms with van der Waals surface area (Å²) >= 11 is 0. The highest BCUT2D eigenvalue weighted by Crippen LogP contribution is 1.88. The van der Waals surface area contributed by atoms with Gasteiger partial charge in [0.2, 0.25) is 0 Å². The minimum Gasteiger partial charge on any atom is -0.335 e. The van der Waals surface area contributed by atoms with Crippen LogP contribution in [0, 0.1) is 0 Å². The van der Waals surface area contributed by atoms with Crippen LogP contribution in [0.5, 0.6) is 0 Å². The molecule has 2 N–H and O–H groups in total. The fourth-order valence-electron chi connectivity index (χ4n) is 0.572. The number of hydrogen-bond donors (Lipinski definition) is 2. The Morgan fingerprint density at radius 2 is 2.00 bits per heavy atom. The number of nitrogens with one attached hydrogen (secondary N) is 2. The number of amides is 3. The van der Waals surface area contributed by atoms with Crippen molar-refractivity contribution >= 4 is 11.9 Å². The van der Waals surface area contributed by atoms with Gasteiger partial charge in [-0.1, -0.05) is 13.5 Å². The van der Waals surface area contributed by atoms with Crippen molar-refractivity contribution in [2.75, 3.05) is 0 Å². The lowest BCUT2D eigenvalue weighted by Gasteiger charge is -2.11. The Morgan fingerprint density at radius 1 is 1.46 bits per heavy atom. The summed E-state index contributed by atoms with van der Waals surface area (Å²) in [5.74, 6) is -0.444. The molecule has 1 unspecified atom stereocenters. The summed E-state index contributed by atoms with van der Waals surface area (Å²) in [6.07, 6.45) is 0.828. The zero-order valence-electron chi connectivity index (χ0n) is 8.31. The number of carbonyl (C=O) groups excluding carboxylic acids is 2. The van der Waals surface area contributed by atoms with Gasteiger partial charge in [0.25, 0.3) is 5.91 Å². The first-order valence-corrected chi connectivity index (χ1v) is 4.24. The molecule has 13 heavy (non-hydrogen) atoms. The first kappa shape index (κ1) is 11.7. The van der Waals surface area contributed by atoms with Crippen LogP contribution in [0.2, 0.25) is 0 Å². The van der Waals surface area contributed by atoms with E-state index in [1.807, 2.05) is 13.8 Å². The smallest absolute Gasteiger partial charge is 0.321 e. The fraction of sp³-hybridized carbons (Fsp3) is 0.556. The van der Waals surface area contributed by atoms with Gasteiger partial charge in [0.15, 0.2) is 0 Å². The zero-order valence-corrected chi connectivity index (χ0v) is 8.31. The molecule has 0 aliphatic carbocycles. The van der Waals surface area contributed by atoms with Crippen molar-refractivity contribution in [3.05, 3.63) is 12.2 Å². The van der Waals surface area contributed by atoms with Crippen molar-refractivity contribution < 1.29 is 9.59 Å². The van der Waals surface area contributed by atoms with Crippen LogP contribution < -0.4 is 10.6 Å². The summed E-state index contributed by atoms with van der Waals surface area (Å²) in [4.78, 5) is 22.0. The van der Waals surface area contributed by atoms with Gasteiger partial charge in [-0.15, -0.1) is 0 Å². The highest BCUT2D eigenvalue weighted by molar-refractivity contribution is 6.02. The molecule has 0 aliphatic heterocycles. The minimum atomic E-state index is -0.470. The molecular formula is C9H16N2O2. The van der Waals surface area contributed by atoms with E-state index in [2.05, 4.69) is 17.2 Å². The summed E-state index contributed by atoms with van der Waals surface area (Å²) < 4.78 is 0. The molecule has 0 aromatic rings. The van der Waals surface area contributed by atoms with Gasteiger partial charge in [-0.05, 0) is 20.3 Å². The van der Waals surface area contributed by atoms with E-state index in [1.165, 1.54) is 0 Å². The second kappa shape index (κ2) is 5.35. The summed E-state index contributed by atoms with van der Waals surface area (Å²) in [5, 5.41) is 4.76. The van der Waals surface area contributed by atoms with Crippen LogP contribution in [0.1, 0.15) is 27.2 Å². The maximum absolute atomic E-state index is 11.0. The summed E-state index contributed by atoms with van der Waals surface area (Å²) in [6, 6.07) is -0.403. The summed E-state index contributed by atoms with van der Waals surface area (Å²) in [7, 11) is 0. The maximum atomic E-state index is 11.0. The SMILES string of the molecule is C=C(C)C(=O)NC(=O)NC(C)CC. The van der Waals surface area contributed by atoms with Crippen molar-refractivity contribution in [1.82, 2.24) is 10.6 Å². The molecule has 0 spiro atoms. The molecular weight excluding hydrogens is 168 g/mol. The standard InChI is InChI=1S/C9H16N2O2/c1-5-7(4)10-9(13)11-8(12)6(2)3/h7H,2,5H2,1,3-4H3,(H2,10,11,12,13). The van der Waals surface area contributed by atoms with Crippen LogP contribution in [0.15, 0.2) is 12.2 Å². The fourth-order valence-corrected chi connectivity index (χ4v) is 0.572. The van der Waals surface area contributed by atoms with Crippen molar-refractivity contribution in [3.8, 4) is 0 Å². The quantitative estimate of drug-likeness (QED) is 0.647. The van der Waals surface area contributed by atoms with E-state index in [1.54, 1.807) is 6.92 Å². The lowest BCUT2D eigenvalue weighted by molar-refractivity contribution is -0.116. The Kier molecular flexibility index (Phi) is 4.80. The molecule has 0 bridgehead atoms. The van der Waals surface area contributed by atoms with E-state index >= 15 is 0 Å². The molecule has 1 atom stereocenters. The molecule has 0 aromatic carbocycles. The van der Waals surface area contributed by atoms with Crippen LogP contribution >= 0.6 is 0 Å². The van der Waals surface area contributed by atoms with E-state index in [0.29, 0.717) is 5.57 Å². The topological polar surface area (TPSA) is 58.2 Å². The van der Waals surface area contributed by atoms with Gasteiger partial charge in [0.05, 0.1) is 0 Å². The van der Waals surface area contributed by atoms with Gasteiger partial charge in [-0.25, -0.2) is 4.79 Å². The number of carbonyl (C=O) groups is 2. The lowest BCUT2D eigenvalue weighted by atomic mass is 10.3. The molecule has 0 aromatic heterocycles. The first-order chi connectivity index (χ1) is 5.97. The van der Waals surface area contributed by atoms with E-state index in [4.69, 9.17) is 0 Å². The molecule has 0 radical (unpaired) electrons. The van der Waals surface area contributed by atoms with Crippen molar-refractivity contribution in [1.29, 1.82) is 0 Å². The van der Waals surface area contributed by atoms with Crippen LogP contribution in [0.4, 0.5) is 4.79 Å². The number of urea groups is 1. The van der Waals surface area contributed by atoms with Crippen molar-refractivity contribution in [3.63, 3.8) is 0 Å². The van der Waals surface area contributed by atoms with Gasteiger partial charge >= 0.3 is 6.03 Å². The van der Waals surface area contributed by atoms with Gasteiger partial charge in [-0.2, -0.15) is 0 Å². The molecule has 0 fully saturated rings. The predicted molar refractivity (Wildman–Crippen MR) is 51.2 cm³/mol. The third-order valence-electron chi connectivity index (χ3n) is 1.60. The Labute approximate surface area is 78.4 Å². The Balaban J connectivity index is 3.88. The average Bonchev–Trinajstić information content (AvgIpc) is 2.03. The monoisotopic (exact) mass is 184 g/mol. The molecule has 0 heterocycles. The number of rotatable bonds is 3. The van der Waals surface area contributed by atoms with Crippen LogP contribution in [0.3, 0.4) is 0 Å². The second-order valence-corrected chi connectivity index (χ2v) is 3.02. The van der Waals surface area contributed by atoms with E-state index in [-0.39, 0.29) is 6.04 Å². The van der Waals surface area contributed by atoms with Crippen LogP contribution in [-0.2, 0) is 4.79 Å². The Bertz CT molecular complexity index is 224. The lowest BCUT2D eigenvalue weighted by Crippen LogP contribution is -2.43. The molecule has 4 nitrogen and oxygen atoms in total. The Hall–Kier alpha value is -1.32. The van der Waals surface area contributed by atoms with Crippen LogP contribution in [-0.4, -0.2) is 18.0 Å². The highest BCUT2D eigenvalue weighted by Gasteiger charge is 2.09. The van der Waals surface area contributed by atoms with E-state index in [0.717, 1.165) is 6.42 Å². The molecule has 3 amide bonds. The number of hydrogen-bond acceptors (Lipinski definition) is 2. The van der Waals surface area contributed by atoms with Gasteiger partial charge in [0, 0.05) is 11.6 Å². The van der Waals surface area contributed by atoms with Crippen molar-refractivity contribution in [2.24, 2.45) is 0 Å². The number of imide groups is 1. The molecule has 0 rings (SSSR count). The normalized spacial score (nSPS) is 11.6. The van der Waals surface area contributed by atoms with E-state index < -0.39 is 11.9 Å². The first-order valence-electron chi connectivity index (χ1n) is 4.24. The summed E-state index contributed by atoms with van der Waals surface area (Å²) in [5.41, 5.74) is 0.319. The molecule has 0 aliphatic rings. The molecule has 4 heteroatoms. The summed E-state index contributed by atoms with van der Waals surface area (Å²) in [6.45, 7) is 8.78. The van der Waals surface area contributed by atoms with Gasteiger partial charge < -0.3 is 5.32 Å². The molecule has 0 saturated heterocycles. The highest BCUT2D eigenvalue weighted by atomic mass is 16.2. The minimum absolute atomic E-state index is 0.0675. The second-order valence-electron chi connectivity index (χ2n) is 3.02. The maximum Gasteiger partial charge on any atom is 0.321 e. The zero-order chi connectivity index (χ0) is 10.4. The van der Waals surface area contributed by atoms with E-state index in [9.17, 15) is 9.59 Å². The predicted octanol–water partition coefficient (Wildman–Crippen LogP) is 1.19.